The molecule has 2 heterocycles. The SMILES string of the molecule is O=[N+]([O-])c1ccc2c(c1)OCc1cccn1-2. The summed E-state index contributed by atoms with van der Waals surface area (Å²) in [6, 6.07) is 8.53. The topological polar surface area (TPSA) is 57.3 Å². The van der Waals surface area contributed by atoms with Crippen LogP contribution in [0.5, 0.6) is 5.75 Å². The number of fused-ring (bicyclic) bond motifs is 3. The molecule has 0 bridgehead atoms. The number of nitro groups is 1. The Hall–Kier alpha value is -2.30. The number of aromatic nitrogens is 1. The van der Waals surface area contributed by atoms with E-state index in [0.717, 1.165) is 11.4 Å². The molecule has 5 heteroatoms. The van der Waals surface area contributed by atoms with Crippen LogP contribution in [0.3, 0.4) is 0 Å². The number of nitrogens with zero attached hydrogens (tertiary/aromatic N) is 2. The number of non-ortho nitro benzene ring substituents is 1. The van der Waals surface area contributed by atoms with Crippen LogP contribution in [0.2, 0.25) is 0 Å². The zero-order chi connectivity index (χ0) is 11.1. The fourth-order valence-electron chi connectivity index (χ4n) is 1.85. The predicted molar refractivity (Wildman–Crippen MR) is 56.8 cm³/mol. The van der Waals surface area contributed by atoms with Gasteiger partial charge in [-0.1, -0.05) is 0 Å². The van der Waals surface area contributed by atoms with Crippen molar-refractivity contribution in [1.29, 1.82) is 0 Å². The molecule has 0 aliphatic carbocycles. The Balaban J connectivity index is 2.17. The summed E-state index contributed by atoms with van der Waals surface area (Å²) in [5.74, 6) is 0.554. The molecule has 2 aromatic rings. The van der Waals surface area contributed by atoms with E-state index in [1.165, 1.54) is 12.1 Å². The molecule has 5 nitrogen and oxygen atoms in total. The van der Waals surface area contributed by atoms with Crippen LogP contribution in [-0.2, 0) is 6.61 Å². The van der Waals surface area contributed by atoms with Gasteiger partial charge in [-0.2, -0.15) is 0 Å². The minimum absolute atomic E-state index is 0.0503. The summed E-state index contributed by atoms with van der Waals surface area (Å²) >= 11 is 0. The number of benzene rings is 1. The van der Waals surface area contributed by atoms with Crippen LogP contribution >= 0.6 is 0 Å². The third kappa shape index (κ3) is 1.18. The Morgan fingerprint density at radius 3 is 3.06 bits per heavy atom. The van der Waals surface area contributed by atoms with Gasteiger partial charge >= 0.3 is 0 Å². The minimum atomic E-state index is -0.422. The highest BCUT2D eigenvalue weighted by Gasteiger charge is 2.18. The highest BCUT2D eigenvalue weighted by Crippen LogP contribution is 2.32. The fraction of sp³-hybridized carbons (Fsp3) is 0.0909. The van der Waals surface area contributed by atoms with E-state index in [1.54, 1.807) is 6.07 Å². The molecule has 0 N–H and O–H groups in total. The quantitative estimate of drug-likeness (QED) is 0.542. The molecule has 1 aromatic heterocycles. The molecule has 0 saturated carbocycles. The zero-order valence-electron chi connectivity index (χ0n) is 8.29. The summed E-state index contributed by atoms with van der Waals surface area (Å²) in [6.45, 7) is 0.446. The van der Waals surface area contributed by atoms with E-state index in [2.05, 4.69) is 0 Å². The molecule has 1 aliphatic heterocycles. The van der Waals surface area contributed by atoms with Crippen LogP contribution in [0.4, 0.5) is 5.69 Å². The molecule has 1 aromatic carbocycles. The summed E-state index contributed by atoms with van der Waals surface area (Å²) in [6.07, 6.45) is 1.92. The van der Waals surface area contributed by atoms with Gasteiger partial charge in [0.15, 0.2) is 5.75 Å². The molecule has 16 heavy (non-hydrogen) atoms. The van der Waals surface area contributed by atoms with Gasteiger partial charge in [0.2, 0.25) is 0 Å². The predicted octanol–water partition coefficient (Wildman–Crippen LogP) is 2.28. The normalized spacial score (nSPS) is 12.5. The molecule has 0 saturated heterocycles. The van der Waals surface area contributed by atoms with Crippen LogP contribution in [0.25, 0.3) is 5.69 Å². The summed E-state index contributed by atoms with van der Waals surface area (Å²) in [5.41, 5.74) is 1.94. The monoisotopic (exact) mass is 216 g/mol. The van der Waals surface area contributed by atoms with Crippen molar-refractivity contribution in [1.82, 2.24) is 4.57 Å². The smallest absolute Gasteiger partial charge is 0.273 e. The molecule has 0 spiro atoms. The van der Waals surface area contributed by atoms with Crippen molar-refractivity contribution >= 4 is 5.69 Å². The second kappa shape index (κ2) is 3.10. The van der Waals surface area contributed by atoms with Crippen LogP contribution in [0.1, 0.15) is 5.69 Å². The van der Waals surface area contributed by atoms with Crippen LogP contribution in [0, 0.1) is 10.1 Å². The first kappa shape index (κ1) is 8.96. The van der Waals surface area contributed by atoms with Gasteiger partial charge in [-0.25, -0.2) is 0 Å². The van der Waals surface area contributed by atoms with Crippen molar-refractivity contribution in [3.05, 3.63) is 52.3 Å². The lowest BCUT2D eigenvalue weighted by molar-refractivity contribution is -0.384. The van der Waals surface area contributed by atoms with E-state index in [0.29, 0.717) is 12.4 Å². The van der Waals surface area contributed by atoms with E-state index in [9.17, 15) is 10.1 Å². The number of nitro benzene ring substituents is 1. The van der Waals surface area contributed by atoms with E-state index in [-0.39, 0.29) is 5.69 Å². The lowest BCUT2D eigenvalue weighted by Crippen LogP contribution is -2.11. The first-order valence-electron chi connectivity index (χ1n) is 4.83. The molecule has 80 valence electrons. The van der Waals surface area contributed by atoms with Crippen molar-refractivity contribution in [2.24, 2.45) is 0 Å². The molecular weight excluding hydrogens is 208 g/mol. The van der Waals surface area contributed by atoms with E-state index in [4.69, 9.17) is 4.74 Å². The molecule has 1 aliphatic rings. The number of hydrogen-bond donors (Lipinski definition) is 0. The lowest BCUT2D eigenvalue weighted by atomic mass is 10.2. The maximum absolute atomic E-state index is 10.6. The highest BCUT2D eigenvalue weighted by molar-refractivity contribution is 5.55. The maximum atomic E-state index is 10.6. The van der Waals surface area contributed by atoms with Gasteiger partial charge in [0.1, 0.15) is 6.61 Å². The minimum Gasteiger partial charge on any atom is -0.485 e. The third-order valence-corrected chi connectivity index (χ3v) is 2.62. The number of rotatable bonds is 1. The van der Waals surface area contributed by atoms with Gasteiger partial charge in [0.25, 0.3) is 5.69 Å². The van der Waals surface area contributed by atoms with Gasteiger partial charge in [0, 0.05) is 12.3 Å². The number of ether oxygens (including phenoxy) is 1. The first-order valence-corrected chi connectivity index (χ1v) is 4.83. The average molecular weight is 216 g/mol. The fourth-order valence-corrected chi connectivity index (χ4v) is 1.85. The Bertz CT molecular complexity index is 574. The summed E-state index contributed by atoms with van der Waals surface area (Å²) in [5, 5.41) is 10.6. The first-order chi connectivity index (χ1) is 7.75. The van der Waals surface area contributed by atoms with Crippen LogP contribution < -0.4 is 4.74 Å². The lowest BCUT2D eigenvalue weighted by Gasteiger charge is -2.19. The van der Waals surface area contributed by atoms with Crippen molar-refractivity contribution < 1.29 is 9.66 Å². The van der Waals surface area contributed by atoms with Gasteiger partial charge in [-0.05, 0) is 18.2 Å². The van der Waals surface area contributed by atoms with E-state index < -0.39 is 4.92 Å². The second-order valence-corrected chi connectivity index (χ2v) is 3.57. The summed E-state index contributed by atoms with van der Waals surface area (Å²) in [4.78, 5) is 10.2. The molecule has 0 atom stereocenters. The van der Waals surface area contributed by atoms with Crippen molar-refractivity contribution in [3.8, 4) is 11.4 Å². The molecule has 3 rings (SSSR count). The highest BCUT2D eigenvalue weighted by atomic mass is 16.6. The second-order valence-electron chi connectivity index (χ2n) is 3.57. The summed E-state index contributed by atoms with van der Waals surface area (Å²) in [7, 11) is 0. The van der Waals surface area contributed by atoms with Crippen LogP contribution in [-0.4, -0.2) is 9.49 Å². The molecule has 0 fully saturated rings. The van der Waals surface area contributed by atoms with Gasteiger partial charge in [-0.15, -0.1) is 0 Å². The average Bonchev–Trinajstić information content (AvgIpc) is 2.76. The molecule has 0 unspecified atom stereocenters. The Morgan fingerprint density at radius 1 is 1.38 bits per heavy atom. The standard InChI is InChI=1S/C11H8N2O3/c14-13(15)8-3-4-10-11(6-8)16-7-9-2-1-5-12(9)10/h1-6H,7H2. The third-order valence-electron chi connectivity index (χ3n) is 2.62. The van der Waals surface area contributed by atoms with Crippen molar-refractivity contribution in [2.75, 3.05) is 0 Å². The molecule has 0 amide bonds. The van der Waals surface area contributed by atoms with Crippen molar-refractivity contribution in [2.45, 2.75) is 6.61 Å². The van der Waals surface area contributed by atoms with E-state index >= 15 is 0 Å². The largest absolute Gasteiger partial charge is 0.485 e. The molecule has 0 radical (unpaired) electrons. The Labute approximate surface area is 91.0 Å². The van der Waals surface area contributed by atoms with Gasteiger partial charge in [0.05, 0.1) is 22.4 Å². The van der Waals surface area contributed by atoms with E-state index in [1.807, 2.05) is 22.9 Å². The molecular formula is C11H8N2O3. The maximum Gasteiger partial charge on any atom is 0.273 e. The van der Waals surface area contributed by atoms with Gasteiger partial charge < -0.3 is 9.30 Å². The Morgan fingerprint density at radius 2 is 2.25 bits per heavy atom. The zero-order valence-corrected chi connectivity index (χ0v) is 8.29. The summed E-state index contributed by atoms with van der Waals surface area (Å²) < 4.78 is 7.45. The Kier molecular flexibility index (Phi) is 1.73. The number of hydrogen-bond acceptors (Lipinski definition) is 3. The van der Waals surface area contributed by atoms with Crippen molar-refractivity contribution in [3.63, 3.8) is 0 Å². The van der Waals surface area contributed by atoms with Gasteiger partial charge in [-0.3, -0.25) is 10.1 Å². The van der Waals surface area contributed by atoms with Crippen LogP contribution in [0.15, 0.2) is 36.5 Å².